The van der Waals surface area contributed by atoms with E-state index in [1.54, 1.807) is 30.3 Å². The molecule has 0 saturated carbocycles. The maximum absolute atomic E-state index is 12.6. The van der Waals surface area contributed by atoms with E-state index in [1.165, 1.54) is 0 Å². The molecule has 0 saturated heterocycles. The van der Waals surface area contributed by atoms with Gasteiger partial charge in [0, 0.05) is 15.9 Å². The van der Waals surface area contributed by atoms with Gasteiger partial charge >= 0.3 is 5.97 Å². The van der Waals surface area contributed by atoms with Crippen LogP contribution in [0.5, 0.6) is 0 Å². The molecule has 128 valence electrons. The minimum atomic E-state index is -1.00. The van der Waals surface area contributed by atoms with Crippen molar-refractivity contribution in [3.05, 3.63) is 70.4 Å². The van der Waals surface area contributed by atoms with E-state index >= 15 is 0 Å². The van der Waals surface area contributed by atoms with Gasteiger partial charge in [-0.15, -0.1) is 0 Å². The Labute approximate surface area is 149 Å². The van der Waals surface area contributed by atoms with Crippen LogP contribution in [-0.2, 0) is 4.79 Å². The molecule has 0 aliphatic heterocycles. The van der Waals surface area contributed by atoms with Crippen LogP contribution in [0.4, 0.5) is 0 Å². The van der Waals surface area contributed by atoms with Crippen LogP contribution < -0.4 is 5.32 Å². The topological polar surface area (TPSA) is 82.2 Å². The van der Waals surface area contributed by atoms with Crippen molar-refractivity contribution in [2.75, 3.05) is 0 Å². The molecule has 1 heterocycles. The summed E-state index contributed by atoms with van der Waals surface area (Å²) in [6.07, 6.45) is -0.231. The zero-order valence-electron chi connectivity index (χ0n) is 13.5. The molecule has 0 spiro atoms. The zero-order valence-corrected chi connectivity index (χ0v) is 14.3. The van der Waals surface area contributed by atoms with Gasteiger partial charge in [-0.25, -0.2) is 0 Å². The minimum Gasteiger partial charge on any atom is -0.481 e. The number of nitrogens with one attached hydrogen (secondary N) is 2. The molecule has 0 radical (unpaired) electrons. The number of H-pyrrole nitrogens is 1. The Kier molecular flexibility index (Phi) is 4.76. The third-order valence-corrected chi connectivity index (χ3v) is 4.28. The Balaban J connectivity index is 1.88. The van der Waals surface area contributed by atoms with Gasteiger partial charge in [0.15, 0.2) is 0 Å². The number of carbonyl (C=O) groups excluding carboxylic acids is 1. The van der Waals surface area contributed by atoms with Crippen LogP contribution in [0.2, 0.25) is 5.02 Å². The molecule has 0 fully saturated rings. The van der Waals surface area contributed by atoms with Gasteiger partial charge in [0.05, 0.1) is 12.5 Å². The average Bonchev–Trinajstić information content (AvgIpc) is 2.99. The number of aromatic amines is 1. The van der Waals surface area contributed by atoms with E-state index in [0.29, 0.717) is 16.3 Å². The Morgan fingerprint density at radius 3 is 2.64 bits per heavy atom. The molecule has 3 rings (SSSR count). The molecule has 3 N–H and O–H groups in total. The quantitative estimate of drug-likeness (QED) is 0.644. The summed E-state index contributed by atoms with van der Waals surface area (Å²) in [6.45, 7) is 1.96. The van der Waals surface area contributed by atoms with Gasteiger partial charge in [-0.2, -0.15) is 0 Å². The second-order valence-electron chi connectivity index (χ2n) is 5.90. The fraction of sp³-hybridized carbons (Fsp3) is 0.158. The molecule has 0 aliphatic rings. The molecule has 0 unspecified atom stereocenters. The molecular weight excluding hydrogens is 340 g/mol. The molecule has 1 aromatic heterocycles. The van der Waals surface area contributed by atoms with Crippen molar-refractivity contribution in [1.82, 2.24) is 10.3 Å². The number of benzene rings is 2. The largest absolute Gasteiger partial charge is 0.481 e. The third kappa shape index (κ3) is 3.83. The molecule has 0 bridgehead atoms. The first-order chi connectivity index (χ1) is 11.9. The lowest BCUT2D eigenvalue weighted by atomic mass is 10.0. The molecule has 6 heteroatoms. The molecule has 1 amide bonds. The lowest BCUT2D eigenvalue weighted by Gasteiger charge is -2.17. The molecule has 2 aromatic carbocycles. The molecule has 5 nitrogen and oxygen atoms in total. The van der Waals surface area contributed by atoms with E-state index in [1.807, 2.05) is 25.1 Å². The number of carbonyl (C=O) groups is 2. The standard InChI is InChI=1S/C19H17ClN2O3/c1-11-4-2-6-13-9-16(21-18(11)13)19(25)22-15(10-17(23)24)12-5-3-7-14(20)8-12/h2-9,15,21H,10H2,1H3,(H,22,25)(H,23,24)/t15-/m1/s1. The predicted molar refractivity (Wildman–Crippen MR) is 96.9 cm³/mol. The highest BCUT2D eigenvalue weighted by molar-refractivity contribution is 6.30. The van der Waals surface area contributed by atoms with E-state index < -0.39 is 12.0 Å². The Bertz CT molecular complexity index is 949. The van der Waals surface area contributed by atoms with Gasteiger partial charge in [-0.05, 0) is 36.2 Å². The fourth-order valence-electron chi connectivity index (χ4n) is 2.82. The van der Waals surface area contributed by atoms with Crippen LogP contribution >= 0.6 is 11.6 Å². The Hall–Kier alpha value is -2.79. The van der Waals surface area contributed by atoms with E-state index in [0.717, 1.165) is 16.5 Å². The summed E-state index contributed by atoms with van der Waals surface area (Å²) in [6, 6.07) is 13.7. The first kappa shape index (κ1) is 17.0. The normalized spacial score (nSPS) is 12.1. The Morgan fingerprint density at radius 2 is 1.96 bits per heavy atom. The Morgan fingerprint density at radius 1 is 1.20 bits per heavy atom. The van der Waals surface area contributed by atoms with Crippen LogP contribution in [0, 0.1) is 6.92 Å². The van der Waals surface area contributed by atoms with Crippen molar-refractivity contribution >= 4 is 34.4 Å². The fourth-order valence-corrected chi connectivity index (χ4v) is 3.01. The summed E-state index contributed by atoms with van der Waals surface area (Å²) in [5.74, 6) is -1.36. The summed E-state index contributed by atoms with van der Waals surface area (Å²) < 4.78 is 0. The number of carboxylic acids is 1. The van der Waals surface area contributed by atoms with Gasteiger partial charge < -0.3 is 15.4 Å². The highest BCUT2D eigenvalue weighted by atomic mass is 35.5. The van der Waals surface area contributed by atoms with E-state index in [4.69, 9.17) is 16.7 Å². The maximum atomic E-state index is 12.6. The number of halogens is 1. The maximum Gasteiger partial charge on any atom is 0.305 e. The van der Waals surface area contributed by atoms with Gasteiger partial charge in [0.2, 0.25) is 0 Å². The first-order valence-corrected chi connectivity index (χ1v) is 8.18. The number of amides is 1. The second-order valence-corrected chi connectivity index (χ2v) is 6.34. The van der Waals surface area contributed by atoms with Crippen LogP contribution in [0.15, 0.2) is 48.5 Å². The van der Waals surface area contributed by atoms with Crippen LogP contribution in [0.1, 0.15) is 34.1 Å². The van der Waals surface area contributed by atoms with Crippen molar-refractivity contribution in [2.45, 2.75) is 19.4 Å². The molecule has 25 heavy (non-hydrogen) atoms. The smallest absolute Gasteiger partial charge is 0.305 e. The van der Waals surface area contributed by atoms with Crippen LogP contribution in [0.25, 0.3) is 10.9 Å². The van der Waals surface area contributed by atoms with Crippen LogP contribution in [0.3, 0.4) is 0 Å². The monoisotopic (exact) mass is 356 g/mol. The molecule has 3 aromatic rings. The highest BCUT2D eigenvalue weighted by Crippen LogP contribution is 2.23. The van der Waals surface area contributed by atoms with Crippen molar-refractivity contribution in [1.29, 1.82) is 0 Å². The number of hydrogen-bond donors (Lipinski definition) is 3. The first-order valence-electron chi connectivity index (χ1n) is 7.80. The second kappa shape index (κ2) is 6.99. The molecule has 1 atom stereocenters. The number of aryl methyl sites for hydroxylation is 1. The summed E-state index contributed by atoms with van der Waals surface area (Å²) in [5.41, 5.74) is 2.97. The van der Waals surface area contributed by atoms with E-state index in [9.17, 15) is 9.59 Å². The van der Waals surface area contributed by atoms with Gasteiger partial charge in [0.25, 0.3) is 5.91 Å². The van der Waals surface area contributed by atoms with Crippen molar-refractivity contribution < 1.29 is 14.7 Å². The SMILES string of the molecule is Cc1cccc2cc(C(=O)N[C@H](CC(=O)O)c3cccc(Cl)c3)[nH]c12. The van der Waals surface area contributed by atoms with Crippen molar-refractivity contribution in [3.8, 4) is 0 Å². The van der Waals surface area contributed by atoms with Crippen molar-refractivity contribution in [2.24, 2.45) is 0 Å². The van der Waals surface area contributed by atoms with Crippen LogP contribution in [-0.4, -0.2) is 22.0 Å². The van der Waals surface area contributed by atoms with Gasteiger partial charge in [-0.1, -0.05) is 41.9 Å². The van der Waals surface area contributed by atoms with Crippen molar-refractivity contribution in [3.63, 3.8) is 0 Å². The third-order valence-electron chi connectivity index (χ3n) is 4.04. The lowest BCUT2D eigenvalue weighted by molar-refractivity contribution is -0.137. The van der Waals surface area contributed by atoms with E-state index in [-0.39, 0.29) is 12.3 Å². The number of hydrogen-bond acceptors (Lipinski definition) is 2. The number of fused-ring (bicyclic) bond motifs is 1. The van der Waals surface area contributed by atoms with E-state index in [2.05, 4.69) is 10.3 Å². The lowest BCUT2D eigenvalue weighted by Crippen LogP contribution is -2.30. The summed E-state index contributed by atoms with van der Waals surface area (Å²) >= 11 is 5.98. The van der Waals surface area contributed by atoms with Gasteiger partial charge in [-0.3, -0.25) is 9.59 Å². The summed E-state index contributed by atoms with van der Waals surface area (Å²) in [4.78, 5) is 26.9. The predicted octanol–water partition coefficient (Wildman–Crippen LogP) is 4.08. The summed E-state index contributed by atoms with van der Waals surface area (Å²) in [5, 5.41) is 13.4. The summed E-state index contributed by atoms with van der Waals surface area (Å²) in [7, 11) is 0. The minimum absolute atomic E-state index is 0.231. The number of para-hydroxylation sites is 1. The highest BCUT2D eigenvalue weighted by Gasteiger charge is 2.20. The number of aliphatic carboxylic acids is 1. The zero-order chi connectivity index (χ0) is 18.0. The number of rotatable bonds is 5. The average molecular weight is 357 g/mol. The number of carboxylic acid groups (broad SMARTS) is 1. The van der Waals surface area contributed by atoms with Gasteiger partial charge in [0.1, 0.15) is 5.69 Å². The molecular formula is C19H17ClN2O3. The number of aromatic nitrogens is 1. The molecule has 0 aliphatic carbocycles.